The van der Waals surface area contributed by atoms with Gasteiger partial charge in [0.2, 0.25) is 0 Å². The molecule has 0 aliphatic heterocycles. The van der Waals surface area contributed by atoms with E-state index in [1.165, 1.54) is 0 Å². The van der Waals surface area contributed by atoms with Crippen molar-refractivity contribution in [3.8, 4) is 0 Å². The van der Waals surface area contributed by atoms with Gasteiger partial charge in [-0.1, -0.05) is 6.92 Å². The lowest BCUT2D eigenvalue weighted by atomic mass is 10.4. The highest BCUT2D eigenvalue weighted by atomic mass is 32.1. The number of hydrogen-bond donors (Lipinski definition) is 2. The van der Waals surface area contributed by atoms with E-state index in [2.05, 4.69) is 12.6 Å². The molecule has 9 heavy (non-hydrogen) atoms. The Hall–Kier alpha value is 0.270. The number of nitrogens with zero attached hydrogens (tertiary/aromatic N) is 1. The van der Waals surface area contributed by atoms with Crippen molar-refractivity contribution in [1.29, 1.82) is 0 Å². The number of thiol groups is 1. The normalized spacial score (nSPS) is 18.0. The molecule has 1 N–H and O–H groups in total. The molecule has 0 aliphatic rings. The van der Waals surface area contributed by atoms with Crippen LogP contribution in [0.1, 0.15) is 20.3 Å². The van der Waals surface area contributed by atoms with Gasteiger partial charge in [0.15, 0.2) is 0 Å². The lowest BCUT2D eigenvalue weighted by Gasteiger charge is -2.25. The largest absolute Gasteiger partial charge is 0.378 e. The van der Waals surface area contributed by atoms with Crippen molar-refractivity contribution in [3.63, 3.8) is 0 Å². The van der Waals surface area contributed by atoms with Crippen LogP contribution in [0.25, 0.3) is 0 Å². The van der Waals surface area contributed by atoms with E-state index >= 15 is 0 Å². The Bertz CT molecular complexity index is 77.5. The second-order valence-electron chi connectivity index (χ2n) is 2.19. The molecular weight excluding hydrogens is 134 g/mol. The first kappa shape index (κ1) is 9.27. The van der Waals surface area contributed by atoms with Gasteiger partial charge < -0.3 is 5.11 Å². The molecule has 2 nitrogen and oxygen atoms in total. The van der Waals surface area contributed by atoms with Gasteiger partial charge in [-0.3, -0.25) is 4.90 Å². The average molecular weight is 149 g/mol. The molecule has 0 spiro atoms. The molecule has 0 saturated heterocycles. The third-order valence-electron chi connectivity index (χ3n) is 1.42. The van der Waals surface area contributed by atoms with Crippen molar-refractivity contribution < 1.29 is 5.11 Å². The summed E-state index contributed by atoms with van der Waals surface area (Å²) in [6, 6.07) is 0. The monoisotopic (exact) mass is 149 g/mol. The molecule has 0 aliphatic carbocycles. The topological polar surface area (TPSA) is 23.5 Å². The fourth-order valence-electron chi connectivity index (χ4n) is 0.537. The molecule has 0 amide bonds. The maximum Gasteiger partial charge on any atom is 0.107 e. The van der Waals surface area contributed by atoms with Crippen LogP contribution in [-0.2, 0) is 0 Å². The molecule has 0 aromatic heterocycles. The first-order valence-electron chi connectivity index (χ1n) is 3.17. The van der Waals surface area contributed by atoms with Crippen molar-refractivity contribution in [2.75, 3.05) is 7.05 Å². The molecule has 0 aromatic carbocycles. The summed E-state index contributed by atoms with van der Waals surface area (Å²) in [6.45, 7) is 3.87. The van der Waals surface area contributed by atoms with Crippen molar-refractivity contribution in [1.82, 2.24) is 4.90 Å². The second kappa shape index (κ2) is 4.14. The standard InChI is InChI=1S/C6H15NOS/c1-4-6(8)7(3)5(2)9/h5-6,8-9H,4H2,1-3H3. The van der Waals surface area contributed by atoms with E-state index in [1.54, 1.807) is 0 Å². The molecule has 0 saturated carbocycles. The SMILES string of the molecule is CCC(O)N(C)C(C)S. The van der Waals surface area contributed by atoms with Crippen LogP contribution in [0.4, 0.5) is 0 Å². The van der Waals surface area contributed by atoms with Crippen LogP contribution < -0.4 is 0 Å². The summed E-state index contributed by atoms with van der Waals surface area (Å²) in [5.74, 6) is 0. The minimum atomic E-state index is -0.350. The summed E-state index contributed by atoms with van der Waals surface area (Å²) in [7, 11) is 1.85. The van der Waals surface area contributed by atoms with E-state index in [0.29, 0.717) is 0 Å². The average Bonchev–Trinajstić information content (AvgIpc) is 1.84. The highest BCUT2D eigenvalue weighted by Gasteiger charge is 2.10. The Morgan fingerprint density at radius 3 is 2.22 bits per heavy atom. The fraction of sp³-hybridized carbons (Fsp3) is 1.00. The van der Waals surface area contributed by atoms with Crippen LogP contribution in [0.15, 0.2) is 0 Å². The third kappa shape index (κ3) is 3.08. The molecule has 0 aromatic rings. The molecule has 0 radical (unpaired) electrons. The number of aliphatic hydroxyl groups is 1. The maximum absolute atomic E-state index is 9.17. The summed E-state index contributed by atoms with van der Waals surface area (Å²) in [6.07, 6.45) is 0.402. The quantitative estimate of drug-likeness (QED) is 0.460. The van der Waals surface area contributed by atoms with Gasteiger partial charge in [0, 0.05) is 0 Å². The molecule has 0 rings (SSSR count). The first-order valence-corrected chi connectivity index (χ1v) is 3.69. The zero-order valence-corrected chi connectivity index (χ0v) is 7.10. The molecule has 0 bridgehead atoms. The van der Waals surface area contributed by atoms with E-state index in [-0.39, 0.29) is 11.6 Å². The zero-order valence-electron chi connectivity index (χ0n) is 6.20. The van der Waals surface area contributed by atoms with Crippen LogP contribution in [0, 0.1) is 0 Å². The van der Waals surface area contributed by atoms with Gasteiger partial charge in [0.25, 0.3) is 0 Å². The van der Waals surface area contributed by atoms with Crippen LogP contribution in [-0.4, -0.2) is 28.7 Å². The van der Waals surface area contributed by atoms with Crippen molar-refractivity contribution >= 4 is 12.6 Å². The molecule has 2 unspecified atom stereocenters. The summed E-state index contributed by atoms with van der Waals surface area (Å²) in [4.78, 5) is 1.81. The van der Waals surface area contributed by atoms with E-state index in [0.717, 1.165) is 6.42 Å². The fourth-order valence-corrected chi connectivity index (χ4v) is 0.691. The lowest BCUT2D eigenvalue weighted by molar-refractivity contribution is 0.0162. The number of hydrogen-bond acceptors (Lipinski definition) is 3. The highest BCUT2D eigenvalue weighted by Crippen LogP contribution is 2.05. The molecule has 2 atom stereocenters. The van der Waals surface area contributed by atoms with Gasteiger partial charge >= 0.3 is 0 Å². The Balaban J connectivity index is 3.58. The Kier molecular flexibility index (Phi) is 4.27. The Labute approximate surface area is 62.3 Å². The van der Waals surface area contributed by atoms with Crippen LogP contribution >= 0.6 is 12.6 Å². The van der Waals surface area contributed by atoms with Gasteiger partial charge in [-0.15, -0.1) is 0 Å². The minimum Gasteiger partial charge on any atom is -0.378 e. The summed E-state index contributed by atoms with van der Waals surface area (Å²) in [5, 5.41) is 9.30. The smallest absolute Gasteiger partial charge is 0.107 e. The predicted molar refractivity (Wildman–Crippen MR) is 42.5 cm³/mol. The van der Waals surface area contributed by atoms with Crippen molar-refractivity contribution in [3.05, 3.63) is 0 Å². The van der Waals surface area contributed by atoms with Gasteiger partial charge in [-0.05, 0) is 20.4 Å². The van der Waals surface area contributed by atoms with E-state index in [4.69, 9.17) is 0 Å². The molecule has 0 heterocycles. The molecule has 0 fully saturated rings. The number of aliphatic hydroxyl groups excluding tert-OH is 1. The predicted octanol–water partition coefficient (Wildman–Crippen LogP) is 0.922. The Morgan fingerprint density at radius 2 is 2.11 bits per heavy atom. The van der Waals surface area contributed by atoms with Crippen molar-refractivity contribution in [2.24, 2.45) is 0 Å². The van der Waals surface area contributed by atoms with E-state index in [1.807, 2.05) is 25.8 Å². The maximum atomic E-state index is 9.17. The van der Waals surface area contributed by atoms with E-state index < -0.39 is 0 Å². The zero-order chi connectivity index (χ0) is 7.44. The summed E-state index contributed by atoms with van der Waals surface area (Å²) in [5.41, 5.74) is 0. The van der Waals surface area contributed by atoms with Crippen LogP contribution in [0.5, 0.6) is 0 Å². The van der Waals surface area contributed by atoms with E-state index in [9.17, 15) is 5.11 Å². The van der Waals surface area contributed by atoms with Crippen LogP contribution in [0.2, 0.25) is 0 Å². The molecule has 56 valence electrons. The molecular formula is C6H15NOS. The second-order valence-corrected chi connectivity index (χ2v) is 2.93. The lowest BCUT2D eigenvalue weighted by Crippen LogP contribution is -2.35. The van der Waals surface area contributed by atoms with Crippen LogP contribution in [0.3, 0.4) is 0 Å². The Morgan fingerprint density at radius 1 is 1.67 bits per heavy atom. The summed E-state index contributed by atoms with van der Waals surface area (Å²) < 4.78 is 0. The first-order chi connectivity index (χ1) is 4.09. The highest BCUT2D eigenvalue weighted by molar-refractivity contribution is 7.80. The minimum absolute atomic E-state index is 0.125. The number of rotatable bonds is 3. The third-order valence-corrected chi connectivity index (χ3v) is 1.79. The van der Waals surface area contributed by atoms with Gasteiger partial charge in [0.1, 0.15) is 6.23 Å². The summed E-state index contributed by atoms with van der Waals surface area (Å²) >= 11 is 4.15. The van der Waals surface area contributed by atoms with Crippen molar-refractivity contribution in [2.45, 2.75) is 31.9 Å². The van der Waals surface area contributed by atoms with Gasteiger partial charge in [-0.2, -0.15) is 12.6 Å². The molecule has 3 heteroatoms. The van der Waals surface area contributed by atoms with Gasteiger partial charge in [0.05, 0.1) is 5.37 Å². The van der Waals surface area contributed by atoms with Gasteiger partial charge in [-0.25, -0.2) is 0 Å².